The lowest BCUT2D eigenvalue weighted by Crippen LogP contribution is -2.34. The molecule has 1 aromatic carbocycles. The molecule has 1 aliphatic heterocycles. The molecule has 5 heteroatoms. The Bertz CT molecular complexity index is 678. The lowest BCUT2D eigenvalue weighted by atomic mass is 10.1. The second-order valence-corrected chi connectivity index (χ2v) is 6.81. The Balaban J connectivity index is 1.50. The normalized spacial score (nSPS) is 18.5. The lowest BCUT2D eigenvalue weighted by molar-refractivity contribution is -0.139. The molecule has 132 valence electrons. The molecule has 3 rings (SSSR count). The number of hydrogen-bond donors (Lipinski definition) is 1. The van der Waals surface area contributed by atoms with Crippen molar-refractivity contribution < 1.29 is 9.90 Å². The average molecular weight is 339 g/mol. The highest BCUT2D eigenvalue weighted by molar-refractivity contribution is 5.82. The minimum Gasteiger partial charge on any atom is -0.378 e. The van der Waals surface area contributed by atoms with E-state index in [1.807, 2.05) is 30.5 Å². The Morgan fingerprint density at radius 1 is 1.32 bits per heavy atom. The standard InChI is InChI=1S/C20H25N3O2/c1-22(13-16-6-5-10-21-12-16)14-17-9-11-23(15-17)20(25)19(24)18-7-3-2-4-8-18/h2-8,10,12,17,19,24H,9,11,13-15H2,1H3/t17-,19+/m0/s1. The van der Waals surface area contributed by atoms with E-state index < -0.39 is 6.10 Å². The Morgan fingerprint density at radius 2 is 2.12 bits per heavy atom. The fraction of sp³-hybridized carbons (Fsp3) is 0.400. The van der Waals surface area contributed by atoms with Crippen molar-refractivity contribution in [3.63, 3.8) is 0 Å². The van der Waals surface area contributed by atoms with E-state index in [9.17, 15) is 9.90 Å². The maximum Gasteiger partial charge on any atom is 0.256 e. The van der Waals surface area contributed by atoms with Gasteiger partial charge in [-0.05, 0) is 36.6 Å². The molecule has 0 spiro atoms. The minimum absolute atomic E-state index is 0.191. The molecule has 1 amide bonds. The van der Waals surface area contributed by atoms with Gasteiger partial charge in [0.2, 0.25) is 0 Å². The third-order valence-corrected chi connectivity index (χ3v) is 4.69. The van der Waals surface area contributed by atoms with E-state index in [1.165, 1.54) is 5.56 Å². The zero-order valence-corrected chi connectivity index (χ0v) is 14.6. The molecule has 0 saturated carbocycles. The number of amides is 1. The average Bonchev–Trinajstić information content (AvgIpc) is 3.10. The van der Waals surface area contributed by atoms with Crippen LogP contribution < -0.4 is 0 Å². The number of carbonyl (C=O) groups excluding carboxylic acids is 1. The fourth-order valence-corrected chi connectivity index (χ4v) is 3.44. The van der Waals surface area contributed by atoms with E-state index in [4.69, 9.17) is 0 Å². The van der Waals surface area contributed by atoms with Gasteiger partial charge >= 0.3 is 0 Å². The number of pyridine rings is 1. The summed E-state index contributed by atoms with van der Waals surface area (Å²) in [6.07, 6.45) is 3.58. The van der Waals surface area contributed by atoms with Gasteiger partial charge in [-0.15, -0.1) is 0 Å². The number of aliphatic hydroxyl groups is 1. The Labute approximate surface area is 148 Å². The highest BCUT2D eigenvalue weighted by Crippen LogP contribution is 2.22. The predicted octanol–water partition coefficient (Wildman–Crippen LogP) is 2.10. The Kier molecular flexibility index (Phi) is 5.79. The Hall–Kier alpha value is -2.24. The lowest BCUT2D eigenvalue weighted by Gasteiger charge is -2.23. The maximum absolute atomic E-state index is 12.5. The summed E-state index contributed by atoms with van der Waals surface area (Å²) in [4.78, 5) is 20.7. The highest BCUT2D eigenvalue weighted by atomic mass is 16.3. The molecule has 2 atom stereocenters. The van der Waals surface area contributed by atoms with Crippen LogP contribution >= 0.6 is 0 Å². The van der Waals surface area contributed by atoms with Gasteiger partial charge in [0, 0.05) is 38.6 Å². The first-order valence-corrected chi connectivity index (χ1v) is 8.72. The zero-order valence-electron chi connectivity index (χ0n) is 14.6. The summed E-state index contributed by atoms with van der Waals surface area (Å²) in [5.74, 6) is 0.247. The predicted molar refractivity (Wildman–Crippen MR) is 96.7 cm³/mol. The van der Waals surface area contributed by atoms with Crippen molar-refractivity contribution in [2.24, 2.45) is 5.92 Å². The summed E-state index contributed by atoms with van der Waals surface area (Å²) in [5.41, 5.74) is 1.85. The van der Waals surface area contributed by atoms with Crippen LogP contribution in [0.2, 0.25) is 0 Å². The molecule has 0 aliphatic carbocycles. The second kappa shape index (κ2) is 8.23. The SMILES string of the molecule is CN(Cc1cccnc1)C[C@@H]1CCN(C(=O)[C@H](O)c2ccccc2)C1. The van der Waals surface area contributed by atoms with Crippen LogP contribution in [0.5, 0.6) is 0 Å². The van der Waals surface area contributed by atoms with Crippen LogP contribution in [0, 0.1) is 5.92 Å². The molecular weight excluding hydrogens is 314 g/mol. The fourth-order valence-electron chi connectivity index (χ4n) is 3.44. The largest absolute Gasteiger partial charge is 0.378 e. The highest BCUT2D eigenvalue weighted by Gasteiger charge is 2.31. The smallest absolute Gasteiger partial charge is 0.256 e. The molecule has 0 unspecified atom stereocenters. The molecule has 0 radical (unpaired) electrons. The number of rotatable bonds is 6. The topological polar surface area (TPSA) is 56.7 Å². The van der Waals surface area contributed by atoms with E-state index in [0.29, 0.717) is 24.6 Å². The molecule has 5 nitrogen and oxygen atoms in total. The molecule has 2 aromatic rings. The third-order valence-electron chi connectivity index (χ3n) is 4.69. The number of carbonyl (C=O) groups is 1. The monoisotopic (exact) mass is 339 g/mol. The summed E-state index contributed by atoms with van der Waals surface area (Å²) < 4.78 is 0. The van der Waals surface area contributed by atoms with E-state index in [2.05, 4.69) is 23.0 Å². The van der Waals surface area contributed by atoms with Crippen molar-refractivity contribution in [1.82, 2.24) is 14.8 Å². The van der Waals surface area contributed by atoms with Gasteiger partial charge in [0.05, 0.1) is 0 Å². The summed E-state index contributed by atoms with van der Waals surface area (Å²) in [6.45, 7) is 3.21. The number of benzene rings is 1. The van der Waals surface area contributed by atoms with Crippen molar-refractivity contribution in [2.75, 3.05) is 26.7 Å². The number of hydrogen-bond acceptors (Lipinski definition) is 4. The van der Waals surface area contributed by atoms with Gasteiger partial charge in [-0.1, -0.05) is 36.4 Å². The molecule has 0 bridgehead atoms. The minimum atomic E-state index is -1.06. The van der Waals surface area contributed by atoms with Crippen LogP contribution in [0.1, 0.15) is 23.7 Å². The van der Waals surface area contributed by atoms with Crippen LogP contribution in [-0.2, 0) is 11.3 Å². The van der Waals surface area contributed by atoms with Crippen LogP contribution in [-0.4, -0.2) is 52.5 Å². The first kappa shape index (κ1) is 17.6. The number of nitrogens with zero attached hydrogens (tertiary/aromatic N) is 3. The molecule has 25 heavy (non-hydrogen) atoms. The molecule has 1 saturated heterocycles. The van der Waals surface area contributed by atoms with Gasteiger partial charge in [-0.3, -0.25) is 9.78 Å². The summed E-state index contributed by atoms with van der Waals surface area (Å²) >= 11 is 0. The zero-order chi connectivity index (χ0) is 17.6. The van der Waals surface area contributed by atoms with Crippen molar-refractivity contribution >= 4 is 5.91 Å². The number of aromatic nitrogens is 1. The van der Waals surface area contributed by atoms with E-state index in [1.54, 1.807) is 23.2 Å². The van der Waals surface area contributed by atoms with Gasteiger partial charge in [-0.25, -0.2) is 0 Å². The quantitative estimate of drug-likeness (QED) is 0.876. The van der Waals surface area contributed by atoms with Crippen LogP contribution in [0.15, 0.2) is 54.9 Å². The first-order chi connectivity index (χ1) is 12.1. The number of aliphatic hydroxyl groups excluding tert-OH is 1. The molecule has 1 aliphatic rings. The first-order valence-electron chi connectivity index (χ1n) is 8.72. The van der Waals surface area contributed by atoms with E-state index >= 15 is 0 Å². The van der Waals surface area contributed by atoms with Gasteiger partial charge in [-0.2, -0.15) is 0 Å². The van der Waals surface area contributed by atoms with Gasteiger partial charge in [0.15, 0.2) is 6.10 Å². The summed E-state index contributed by atoms with van der Waals surface area (Å²) in [5, 5.41) is 10.3. The van der Waals surface area contributed by atoms with Crippen molar-refractivity contribution in [3.05, 3.63) is 66.0 Å². The molecule has 2 heterocycles. The molecule has 1 N–H and O–H groups in total. The van der Waals surface area contributed by atoms with Gasteiger partial charge in [0.25, 0.3) is 5.91 Å². The third kappa shape index (κ3) is 4.65. The van der Waals surface area contributed by atoms with E-state index in [-0.39, 0.29) is 5.91 Å². The second-order valence-electron chi connectivity index (χ2n) is 6.81. The van der Waals surface area contributed by atoms with Crippen molar-refractivity contribution in [1.29, 1.82) is 0 Å². The molecule has 1 aromatic heterocycles. The summed E-state index contributed by atoms with van der Waals surface area (Å²) in [6, 6.07) is 13.2. The number of likely N-dealkylation sites (tertiary alicyclic amines) is 1. The van der Waals surface area contributed by atoms with Crippen LogP contribution in [0.3, 0.4) is 0 Å². The molecule has 1 fully saturated rings. The van der Waals surface area contributed by atoms with Gasteiger partial charge in [0.1, 0.15) is 0 Å². The van der Waals surface area contributed by atoms with Gasteiger partial charge < -0.3 is 14.9 Å². The maximum atomic E-state index is 12.5. The van der Waals surface area contributed by atoms with Crippen molar-refractivity contribution in [3.8, 4) is 0 Å². The van der Waals surface area contributed by atoms with Crippen molar-refractivity contribution in [2.45, 2.75) is 19.1 Å². The van der Waals surface area contributed by atoms with E-state index in [0.717, 1.165) is 19.5 Å². The summed E-state index contributed by atoms with van der Waals surface area (Å²) in [7, 11) is 2.09. The molecular formula is C20H25N3O2. The van der Waals surface area contributed by atoms with Crippen LogP contribution in [0.25, 0.3) is 0 Å². The Morgan fingerprint density at radius 3 is 2.84 bits per heavy atom. The van der Waals surface area contributed by atoms with Crippen LogP contribution in [0.4, 0.5) is 0 Å².